The number of carbonyl (C=O) groups is 1. The third kappa shape index (κ3) is 1.66. The van der Waals surface area contributed by atoms with Crippen LogP contribution in [0.25, 0.3) is 0 Å². The van der Waals surface area contributed by atoms with Gasteiger partial charge in [-0.25, -0.2) is 4.79 Å². The molecule has 12 heavy (non-hydrogen) atoms. The van der Waals surface area contributed by atoms with Crippen molar-refractivity contribution < 1.29 is 14.3 Å². The van der Waals surface area contributed by atoms with Crippen molar-refractivity contribution in [2.75, 3.05) is 26.9 Å². The summed E-state index contributed by atoms with van der Waals surface area (Å²) in [5.41, 5.74) is 0. The summed E-state index contributed by atoms with van der Waals surface area (Å²) in [6.45, 7) is 1.18. The van der Waals surface area contributed by atoms with Crippen LogP contribution in [0.15, 0.2) is 0 Å². The Kier molecular flexibility index (Phi) is 2.88. The molecule has 1 saturated heterocycles. The van der Waals surface area contributed by atoms with Crippen molar-refractivity contribution in [1.82, 2.24) is 4.90 Å². The number of rotatable bonds is 1. The Morgan fingerprint density at radius 2 is 2.58 bits per heavy atom. The first-order chi connectivity index (χ1) is 5.79. The van der Waals surface area contributed by atoms with E-state index in [1.54, 1.807) is 0 Å². The van der Waals surface area contributed by atoms with Crippen LogP contribution in [0.1, 0.15) is 0 Å². The molecule has 0 spiro atoms. The van der Waals surface area contributed by atoms with E-state index in [-0.39, 0.29) is 6.61 Å². The Hall–Kier alpha value is -1.28. The molecule has 1 atom stereocenters. The van der Waals surface area contributed by atoms with E-state index in [0.717, 1.165) is 0 Å². The van der Waals surface area contributed by atoms with Gasteiger partial charge in [0.25, 0.3) is 0 Å². The number of carbonyl (C=O) groups excluding carboxylic acids is 1. The summed E-state index contributed by atoms with van der Waals surface area (Å²) in [5, 5.41) is 8.62. The normalized spacial score (nSPS) is 23.0. The summed E-state index contributed by atoms with van der Waals surface area (Å²) in [7, 11) is 1.30. The van der Waals surface area contributed by atoms with E-state index in [1.165, 1.54) is 12.0 Å². The third-order valence-corrected chi connectivity index (χ3v) is 1.73. The lowest BCUT2D eigenvalue weighted by Crippen LogP contribution is -2.47. The van der Waals surface area contributed by atoms with Crippen LogP contribution in [0.2, 0.25) is 0 Å². The van der Waals surface area contributed by atoms with Crippen LogP contribution < -0.4 is 0 Å². The third-order valence-electron chi connectivity index (χ3n) is 1.73. The summed E-state index contributed by atoms with van der Waals surface area (Å²) in [6, 6.07) is -0.561. The smallest absolute Gasteiger partial charge is 0.331 e. The molecule has 5 heteroatoms. The second kappa shape index (κ2) is 3.93. The van der Waals surface area contributed by atoms with Crippen molar-refractivity contribution in [2.24, 2.45) is 0 Å². The predicted octanol–water partition coefficient (Wildman–Crippen LogP) is -0.659. The maximum Gasteiger partial charge on any atom is 0.331 e. The first-order valence-electron chi connectivity index (χ1n) is 3.61. The van der Waals surface area contributed by atoms with Crippen molar-refractivity contribution >= 4 is 5.97 Å². The predicted molar refractivity (Wildman–Crippen MR) is 38.9 cm³/mol. The molecule has 0 aromatic carbocycles. The average Bonchev–Trinajstić information content (AvgIpc) is 2.16. The number of nitriles is 1. The quantitative estimate of drug-likeness (QED) is 0.386. The number of hydrogen-bond donors (Lipinski definition) is 0. The lowest BCUT2D eigenvalue weighted by molar-refractivity contribution is -0.150. The number of esters is 1. The molecule has 66 valence electrons. The zero-order valence-corrected chi connectivity index (χ0v) is 6.82. The van der Waals surface area contributed by atoms with Gasteiger partial charge in [-0.3, -0.25) is 4.90 Å². The van der Waals surface area contributed by atoms with Gasteiger partial charge in [0.15, 0.2) is 12.2 Å². The number of ether oxygens (including phenoxy) is 2. The molecule has 0 N–H and O–H groups in total. The molecule has 0 bridgehead atoms. The number of hydrogen-bond acceptors (Lipinski definition) is 5. The van der Waals surface area contributed by atoms with Gasteiger partial charge >= 0.3 is 5.97 Å². The molecule has 1 aliphatic rings. The van der Waals surface area contributed by atoms with Crippen LogP contribution in [0.4, 0.5) is 0 Å². The summed E-state index contributed by atoms with van der Waals surface area (Å²) >= 11 is 0. The molecule has 1 fully saturated rings. The fraction of sp³-hybridized carbons (Fsp3) is 0.714. The Morgan fingerprint density at radius 1 is 1.83 bits per heavy atom. The zero-order valence-electron chi connectivity index (χ0n) is 6.82. The van der Waals surface area contributed by atoms with Crippen LogP contribution in [-0.4, -0.2) is 43.8 Å². The van der Waals surface area contributed by atoms with E-state index >= 15 is 0 Å². The zero-order chi connectivity index (χ0) is 8.97. The average molecular weight is 170 g/mol. The fourth-order valence-corrected chi connectivity index (χ4v) is 1.05. The maximum atomic E-state index is 11.0. The Morgan fingerprint density at radius 3 is 3.17 bits per heavy atom. The maximum absolute atomic E-state index is 11.0. The SMILES string of the molecule is COC(=O)C1COCCN1C#N. The molecular weight excluding hydrogens is 160 g/mol. The highest BCUT2D eigenvalue weighted by molar-refractivity contribution is 5.76. The minimum Gasteiger partial charge on any atom is -0.467 e. The van der Waals surface area contributed by atoms with E-state index in [0.29, 0.717) is 13.2 Å². The van der Waals surface area contributed by atoms with Crippen LogP contribution in [-0.2, 0) is 14.3 Å². The molecule has 1 unspecified atom stereocenters. The molecule has 0 amide bonds. The molecule has 1 heterocycles. The Labute approximate surface area is 70.5 Å². The number of methoxy groups -OCH3 is 1. The summed E-state index contributed by atoms with van der Waals surface area (Å²) in [4.78, 5) is 12.4. The fourth-order valence-electron chi connectivity index (χ4n) is 1.05. The van der Waals surface area contributed by atoms with Crippen LogP contribution in [0, 0.1) is 11.5 Å². The van der Waals surface area contributed by atoms with Gasteiger partial charge in [-0.2, -0.15) is 5.26 Å². The summed E-state index contributed by atoms with van der Waals surface area (Å²) in [5.74, 6) is -0.420. The molecule has 1 rings (SSSR count). The topological polar surface area (TPSA) is 62.6 Å². The van der Waals surface area contributed by atoms with Crippen molar-refractivity contribution in [1.29, 1.82) is 5.26 Å². The van der Waals surface area contributed by atoms with Crippen LogP contribution in [0.5, 0.6) is 0 Å². The summed E-state index contributed by atoms with van der Waals surface area (Å²) < 4.78 is 9.55. The number of morpholine rings is 1. The van der Waals surface area contributed by atoms with Gasteiger partial charge in [0.1, 0.15) is 0 Å². The highest BCUT2D eigenvalue weighted by Gasteiger charge is 2.29. The van der Waals surface area contributed by atoms with Crippen LogP contribution >= 0.6 is 0 Å². The van der Waals surface area contributed by atoms with E-state index in [1.807, 2.05) is 6.19 Å². The van der Waals surface area contributed by atoms with E-state index in [2.05, 4.69) is 4.74 Å². The van der Waals surface area contributed by atoms with Gasteiger partial charge in [-0.15, -0.1) is 0 Å². The van der Waals surface area contributed by atoms with Crippen molar-refractivity contribution in [3.8, 4) is 6.19 Å². The summed E-state index contributed by atoms with van der Waals surface area (Å²) in [6.07, 6.45) is 1.92. The Bertz CT molecular complexity index is 211. The second-order valence-corrected chi connectivity index (χ2v) is 2.41. The van der Waals surface area contributed by atoms with Gasteiger partial charge in [0, 0.05) is 0 Å². The lowest BCUT2D eigenvalue weighted by Gasteiger charge is -2.28. The minimum absolute atomic E-state index is 0.236. The van der Waals surface area contributed by atoms with Gasteiger partial charge in [0.2, 0.25) is 0 Å². The molecule has 0 aromatic rings. The van der Waals surface area contributed by atoms with E-state index < -0.39 is 12.0 Å². The highest BCUT2D eigenvalue weighted by atomic mass is 16.5. The molecule has 0 aliphatic carbocycles. The standard InChI is InChI=1S/C7H10N2O3/c1-11-7(10)6-4-12-3-2-9(6)5-8/h6H,2-4H2,1H3. The van der Waals surface area contributed by atoms with Crippen molar-refractivity contribution in [3.05, 3.63) is 0 Å². The molecule has 0 saturated carbocycles. The first-order valence-corrected chi connectivity index (χ1v) is 3.61. The molecular formula is C7H10N2O3. The van der Waals surface area contributed by atoms with Crippen LogP contribution in [0.3, 0.4) is 0 Å². The molecule has 1 aliphatic heterocycles. The van der Waals surface area contributed by atoms with Crippen molar-refractivity contribution in [3.63, 3.8) is 0 Å². The van der Waals surface area contributed by atoms with E-state index in [4.69, 9.17) is 10.00 Å². The molecule has 5 nitrogen and oxygen atoms in total. The minimum atomic E-state index is -0.561. The van der Waals surface area contributed by atoms with Crippen molar-refractivity contribution in [2.45, 2.75) is 6.04 Å². The van der Waals surface area contributed by atoms with E-state index in [9.17, 15) is 4.79 Å². The number of nitrogens with zero attached hydrogens (tertiary/aromatic N) is 2. The highest BCUT2D eigenvalue weighted by Crippen LogP contribution is 2.06. The second-order valence-electron chi connectivity index (χ2n) is 2.41. The largest absolute Gasteiger partial charge is 0.467 e. The monoisotopic (exact) mass is 170 g/mol. The molecule has 0 radical (unpaired) electrons. The van der Waals surface area contributed by atoms with Gasteiger partial charge in [0.05, 0.1) is 26.9 Å². The Balaban J connectivity index is 2.60. The molecule has 0 aromatic heterocycles. The first kappa shape index (κ1) is 8.81. The van der Waals surface area contributed by atoms with Gasteiger partial charge in [-0.05, 0) is 0 Å². The lowest BCUT2D eigenvalue weighted by atomic mass is 10.2. The van der Waals surface area contributed by atoms with Gasteiger partial charge < -0.3 is 9.47 Å². The van der Waals surface area contributed by atoms with Gasteiger partial charge in [-0.1, -0.05) is 0 Å².